The Morgan fingerprint density at radius 2 is 2.07 bits per heavy atom. The molecule has 0 aliphatic rings. The number of rotatable bonds is 7. The van der Waals surface area contributed by atoms with Gasteiger partial charge in [-0.2, -0.15) is 5.26 Å². The molecule has 1 amide bonds. The fraction of sp³-hybridized carbons (Fsp3) is 0.263. The van der Waals surface area contributed by atoms with Gasteiger partial charge in [-0.25, -0.2) is 8.78 Å². The number of amides is 1. The van der Waals surface area contributed by atoms with Gasteiger partial charge in [0.2, 0.25) is 0 Å². The summed E-state index contributed by atoms with van der Waals surface area (Å²) in [7, 11) is 1.44. The van der Waals surface area contributed by atoms with E-state index >= 15 is 0 Å². The van der Waals surface area contributed by atoms with Crippen LogP contribution in [0.15, 0.2) is 34.8 Å². The van der Waals surface area contributed by atoms with Crippen molar-refractivity contribution in [1.82, 2.24) is 5.32 Å². The molecule has 0 bridgehead atoms. The van der Waals surface area contributed by atoms with Crippen LogP contribution in [0.4, 0.5) is 8.78 Å². The van der Waals surface area contributed by atoms with Crippen LogP contribution < -0.4 is 14.8 Å². The number of halogens is 3. The minimum Gasteiger partial charge on any atom is -0.493 e. The molecule has 27 heavy (non-hydrogen) atoms. The fourth-order valence-electron chi connectivity index (χ4n) is 2.32. The maximum atomic E-state index is 13.9. The van der Waals surface area contributed by atoms with E-state index in [9.17, 15) is 18.8 Å². The van der Waals surface area contributed by atoms with Crippen LogP contribution in [0.25, 0.3) is 0 Å². The number of nitriles is 1. The van der Waals surface area contributed by atoms with E-state index < -0.39 is 23.6 Å². The van der Waals surface area contributed by atoms with Gasteiger partial charge in [0, 0.05) is 17.2 Å². The summed E-state index contributed by atoms with van der Waals surface area (Å²) in [6.45, 7) is 2.43. The van der Waals surface area contributed by atoms with Crippen LogP contribution >= 0.6 is 15.9 Å². The monoisotopic (exact) mass is 438 g/mol. The highest BCUT2D eigenvalue weighted by Crippen LogP contribution is 2.37. The van der Waals surface area contributed by atoms with Gasteiger partial charge in [0.1, 0.15) is 17.7 Å². The van der Waals surface area contributed by atoms with Crippen molar-refractivity contribution in [3.05, 3.63) is 57.6 Å². The lowest BCUT2D eigenvalue weighted by Crippen LogP contribution is -2.28. The maximum absolute atomic E-state index is 13.9. The molecule has 2 aromatic rings. The molecule has 142 valence electrons. The van der Waals surface area contributed by atoms with Crippen molar-refractivity contribution in [3.8, 4) is 17.6 Å². The fourth-order valence-corrected chi connectivity index (χ4v) is 2.88. The first-order valence-corrected chi connectivity index (χ1v) is 8.86. The molecule has 2 aromatic carbocycles. The zero-order valence-corrected chi connectivity index (χ0v) is 16.3. The number of nitrogens with zero attached hydrogens (tertiary/aromatic N) is 1. The molecule has 0 heterocycles. The van der Waals surface area contributed by atoms with E-state index in [1.165, 1.54) is 19.2 Å². The molecule has 1 atom stereocenters. The zero-order valence-electron chi connectivity index (χ0n) is 14.7. The van der Waals surface area contributed by atoms with Crippen LogP contribution in [-0.4, -0.2) is 19.6 Å². The lowest BCUT2D eigenvalue weighted by molar-refractivity contribution is 0.0944. The molecule has 1 N–H and O–H groups in total. The first-order chi connectivity index (χ1) is 12.9. The Balaban J connectivity index is 2.28. The Kier molecular flexibility index (Phi) is 7.13. The van der Waals surface area contributed by atoms with Crippen molar-refractivity contribution in [2.24, 2.45) is 0 Å². The van der Waals surface area contributed by atoms with Gasteiger partial charge >= 0.3 is 0 Å². The SMILES string of the molecule is CCCOc1c(Br)cc(C(=O)NC(C#N)c2ccc(F)cc2F)cc1OC. The first-order valence-electron chi connectivity index (χ1n) is 8.07. The van der Waals surface area contributed by atoms with Gasteiger partial charge in [0.05, 0.1) is 24.3 Å². The van der Waals surface area contributed by atoms with E-state index in [-0.39, 0.29) is 11.1 Å². The summed E-state index contributed by atoms with van der Waals surface area (Å²) >= 11 is 3.33. The molecule has 0 aliphatic carbocycles. The summed E-state index contributed by atoms with van der Waals surface area (Å²) in [4.78, 5) is 12.5. The Hall–Kier alpha value is -2.66. The Labute approximate surface area is 164 Å². The number of hydrogen-bond acceptors (Lipinski definition) is 4. The summed E-state index contributed by atoms with van der Waals surface area (Å²) < 4.78 is 38.3. The van der Waals surface area contributed by atoms with Crippen molar-refractivity contribution >= 4 is 21.8 Å². The first kappa shape index (κ1) is 20.6. The number of carbonyl (C=O) groups is 1. The van der Waals surface area contributed by atoms with E-state index in [0.717, 1.165) is 18.6 Å². The second-order valence-corrected chi connectivity index (χ2v) is 6.39. The Bertz CT molecular complexity index is 884. The number of hydrogen-bond donors (Lipinski definition) is 1. The second-order valence-electron chi connectivity index (χ2n) is 5.54. The third-order valence-corrected chi connectivity index (χ3v) is 4.21. The molecular weight excluding hydrogens is 422 g/mol. The third kappa shape index (κ3) is 4.95. The van der Waals surface area contributed by atoms with Crippen LogP contribution in [0.2, 0.25) is 0 Å². The van der Waals surface area contributed by atoms with E-state index in [2.05, 4.69) is 21.2 Å². The van der Waals surface area contributed by atoms with E-state index in [1.54, 1.807) is 6.07 Å². The van der Waals surface area contributed by atoms with Gasteiger partial charge in [-0.15, -0.1) is 0 Å². The minimum absolute atomic E-state index is 0.124. The summed E-state index contributed by atoms with van der Waals surface area (Å²) in [5, 5.41) is 11.7. The highest BCUT2D eigenvalue weighted by Gasteiger charge is 2.21. The van der Waals surface area contributed by atoms with Gasteiger partial charge in [-0.3, -0.25) is 4.79 Å². The standard InChI is InChI=1S/C19H17BrF2N2O3/c1-3-6-27-18-14(20)7-11(8-17(18)26-2)19(25)24-16(10-23)13-5-4-12(21)9-15(13)22/h4-5,7-9,16H,3,6H2,1-2H3,(H,24,25). The van der Waals surface area contributed by atoms with Crippen LogP contribution in [0.1, 0.15) is 35.3 Å². The summed E-state index contributed by atoms with van der Waals surface area (Å²) in [5.41, 5.74) is 0.0616. The van der Waals surface area contributed by atoms with Crippen LogP contribution in [0.5, 0.6) is 11.5 Å². The molecule has 0 saturated heterocycles. The number of nitrogens with one attached hydrogen (secondary N) is 1. The van der Waals surface area contributed by atoms with E-state index in [0.29, 0.717) is 28.6 Å². The van der Waals surface area contributed by atoms with Gasteiger partial charge in [0.15, 0.2) is 11.5 Å². The lowest BCUT2D eigenvalue weighted by atomic mass is 10.1. The largest absolute Gasteiger partial charge is 0.493 e. The lowest BCUT2D eigenvalue weighted by Gasteiger charge is -2.16. The van der Waals surface area contributed by atoms with Crippen molar-refractivity contribution < 1.29 is 23.0 Å². The van der Waals surface area contributed by atoms with Crippen molar-refractivity contribution in [2.45, 2.75) is 19.4 Å². The Morgan fingerprint density at radius 1 is 1.33 bits per heavy atom. The summed E-state index contributed by atoms with van der Waals surface area (Å²) in [6.07, 6.45) is 0.797. The molecule has 0 fully saturated rings. The maximum Gasteiger partial charge on any atom is 0.252 e. The molecule has 0 aliphatic heterocycles. The van der Waals surface area contributed by atoms with E-state index in [1.807, 2.05) is 6.92 Å². The third-order valence-electron chi connectivity index (χ3n) is 3.62. The van der Waals surface area contributed by atoms with Gasteiger partial charge in [0.25, 0.3) is 5.91 Å². The molecule has 5 nitrogen and oxygen atoms in total. The second kappa shape index (κ2) is 9.33. The molecule has 1 unspecified atom stereocenters. The van der Waals surface area contributed by atoms with Crippen LogP contribution in [0.3, 0.4) is 0 Å². The normalized spacial score (nSPS) is 11.4. The van der Waals surface area contributed by atoms with Crippen molar-refractivity contribution in [1.29, 1.82) is 5.26 Å². The smallest absolute Gasteiger partial charge is 0.252 e. The van der Waals surface area contributed by atoms with Gasteiger partial charge in [-0.1, -0.05) is 13.0 Å². The number of methoxy groups -OCH3 is 1. The molecular formula is C19H17BrF2N2O3. The number of carbonyl (C=O) groups excluding carboxylic acids is 1. The highest BCUT2D eigenvalue weighted by atomic mass is 79.9. The minimum atomic E-state index is -1.28. The summed E-state index contributed by atoms with van der Waals surface area (Å²) in [5.74, 6) is -1.51. The average molecular weight is 439 g/mol. The number of benzene rings is 2. The molecule has 0 spiro atoms. The predicted molar refractivity (Wildman–Crippen MR) is 98.7 cm³/mol. The Morgan fingerprint density at radius 3 is 2.67 bits per heavy atom. The molecule has 2 rings (SSSR count). The van der Waals surface area contributed by atoms with Crippen LogP contribution in [0, 0.1) is 23.0 Å². The van der Waals surface area contributed by atoms with Gasteiger partial charge < -0.3 is 14.8 Å². The molecule has 0 saturated carbocycles. The van der Waals surface area contributed by atoms with Crippen molar-refractivity contribution in [2.75, 3.05) is 13.7 Å². The molecule has 0 aromatic heterocycles. The number of ether oxygens (including phenoxy) is 2. The zero-order chi connectivity index (χ0) is 20.0. The molecule has 0 radical (unpaired) electrons. The van der Waals surface area contributed by atoms with Crippen molar-refractivity contribution in [3.63, 3.8) is 0 Å². The predicted octanol–water partition coefficient (Wildman–Crippen LogP) is 4.52. The van der Waals surface area contributed by atoms with Gasteiger partial charge in [-0.05, 0) is 40.5 Å². The topological polar surface area (TPSA) is 71.3 Å². The molecule has 8 heteroatoms. The van der Waals surface area contributed by atoms with E-state index in [4.69, 9.17) is 9.47 Å². The van der Waals surface area contributed by atoms with Crippen LogP contribution in [-0.2, 0) is 0 Å². The highest BCUT2D eigenvalue weighted by molar-refractivity contribution is 9.10. The quantitative estimate of drug-likeness (QED) is 0.689. The summed E-state index contributed by atoms with van der Waals surface area (Å²) in [6, 6.07) is 6.29. The average Bonchev–Trinajstić information content (AvgIpc) is 2.64.